The minimum absolute atomic E-state index is 0.0967. The summed E-state index contributed by atoms with van der Waals surface area (Å²) in [7, 11) is 1.58. The average molecular weight is 237 g/mol. The van der Waals surface area contributed by atoms with Crippen molar-refractivity contribution in [2.75, 3.05) is 0 Å². The third-order valence-corrected chi connectivity index (χ3v) is 3.70. The molecule has 0 saturated carbocycles. The number of rotatable bonds is 3. The van der Waals surface area contributed by atoms with Crippen LogP contribution in [-0.2, 0) is 9.05 Å². The van der Waals surface area contributed by atoms with Gasteiger partial charge >= 0.3 is 0 Å². The maximum Gasteiger partial charge on any atom is 0.264 e. The molecule has 1 heterocycles. The zero-order valence-electron chi connectivity index (χ0n) is 8.36. The van der Waals surface area contributed by atoms with Gasteiger partial charge in [-0.1, -0.05) is 6.92 Å². The molecule has 1 atom stereocenters. The van der Waals surface area contributed by atoms with Gasteiger partial charge in [0.2, 0.25) is 0 Å². The molecule has 80 valence electrons. The SMILES string of the molecule is CCC(C)n1ncc(S(=O)(=O)Cl)c1C. The predicted octanol–water partition coefficient (Wildman–Crippen LogP) is 2.09. The van der Waals surface area contributed by atoms with Crippen molar-refractivity contribution < 1.29 is 8.42 Å². The van der Waals surface area contributed by atoms with Gasteiger partial charge in [0.05, 0.1) is 11.9 Å². The second kappa shape index (κ2) is 3.90. The molecule has 0 aliphatic heterocycles. The highest BCUT2D eigenvalue weighted by Crippen LogP contribution is 2.22. The van der Waals surface area contributed by atoms with Crippen LogP contribution in [0.4, 0.5) is 0 Å². The van der Waals surface area contributed by atoms with Crippen LogP contribution in [0.1, 0.15) is 32.0 Å². The summed E-state index contributed by atoms with van der Waals surface area (Å²) in [5.74, 6) is 0. The third-order valence-electron chi connectivity index (χ3n) is 2.27. The van der Waals surface area contributed by atoms with Crippen LogP contribution >= 0.6 is 10.7 Å². The van der Waals surface area contributed by atoms with E-state index in [0.717, 1.165) is 6.42 Å². The molecule has 1 aromatic heterocycles. The first-order chi connectivity index (χ1) is 6.38. The van der Waals surface area contributed by atoms with Crippen molar-refractivity contribution in [3.63, 3.8) is 0 Å². The largest absolute Gasteiger partial charge is 0.266 e. The quantitative estimate of drug-likeness (QED) is 0.756. The fraction of sp³-hybridized carbons (Fsp3) is 0.625. The Labute approximate surface area is 88.3 Å². The number of halogens is 1. The zero-order valence-corrected chi connectivity index (χ0v) is 9.93. The number of nitrogens with zero attached hydrogens (tertiary/aromatic N) is 2. The Kier molecular flexibility index (Phi) is 3.21. The Morgan fingerprint density at radius 3 is 2.57 bits per heavy atom. The van der Waals surface area contributed by atoms with Crippen molar-refractivity contribution >= 4 is 19.7 Å². The number of hydrogen-bond acceptors (Lipinski definition) is 3. The molecule has 0 amide bonds. The standard InChI is InChI=1S/C8H13ClN2O2S/c1-4-6(2)11-7(3)8(5-10-11)14(9,12)13/h5-6H,4H2,1-3H3. The van der Waals surface area contributed by atoms with Gasteiger partial charge < -0.3 is 0 Å². The molecule has 0 aromatic carbocycles. The van der Waals surface area contributed by atoms with E-state index in [0.29, 0.717) is 5.69 Å². The molecule has 1 aromatic rings. The van der Waals surface area contributed by atoms with Crippen molar-refractivity contribution in [2.45, 2.75) is 38.1 Å². The summed E-state index contributed by atoms with van der Waals surface area (Å²) in [6, 6.07) is 0.183. The van der Waals surface area contributed by atoms with E-state index in [2.05, 4.69) is 5.10 Å². The van der Waals surface area contributed by atoms with E-state index in [9.17, 15) is 8.42 Å². The van der Waals surface area contributed by atoms with Gasteiger partial charge in [-0.15, -0.1) is 0 Å². The Balaban J connectivity index is 3.22. The van der Waals surface area contributed by atoms with Crippen molar-refractivity contribution in [1.29, 1.82) is 0 Å². The van der Waals surface area contributed by atoms with Gasteiger partial charge in [0, 0.05) is 16.7 Å². The Hall–Kier alpha value is -0.550. The van der Waals surface area contributed by atoms with E-state index in [1.807, 2.05) is 13.8 Å². The summed E-state index contributed by atoms with van der Waals surface area (Å²) < 4.78 is 23.9. The maximum atomic E-state index is 11.1. The van der Waals surface area contributed by atoms with Gasteiger partial charge in [-0.2, -0.15) is 5.10 Å². The summed E-state index contributed by atoms with van der Waals surface area (Å²) >= 11 is 0. The number of aromatic nitrogens is 2. The average Bonchev–Trinajstić information content (AvgIpc) is 2.45. The fourth-order valence-corrected chi connectivity index (χ4v) is 2.34. The van der Waals surface area contributed by atoms with Gasteiger partial charge in [0.15, 0.2) is 0 Å². The van der Waals surface area contributed by atoms with E-state index in [1.54, 1.807) is 11.6 Å². The van der Waals surface area contributed by atoms with Crippen molar-refractivity contribution in [2.24, 2.45) is 0 Å². The summed E-state index contributed by atoms with van der Waals surface area (Å²) in [6.45, 7) is 5.69. The molecule has 1 unspecified atom stereocenters. The Morgan fingerprint density at radius 1 is 1.64 bits per heavy atom. The minimum atomic E-state index is -3.67. The molecule has 4 nitrogen and oxygen atoms in total. The Morgan fingerprint density at radius 2 is 2.21 bits per heavy atom. The van der Waals surface area contributed by atoms with Gasteiger partial charge in [-0.3, -0.25) is 4.68 Å². The molecular formula is C8H13ClN2O2S. The van der Waals surface area contributed by atoms with E-state index >= 15 is 0 Å². The highest BCUT2D eigenvalue weighted by atomic mass is 35.7. The van der Waals surface area contributed by atoms with Crippen LogP contribution in [0.25, 0.3) is 0 Å². The van der Waals surface area contributed by atoms with Crippen LogP contribution in [0, 0.1) is 6.92 Å². The highest BCUT2D eigenvalue weighted by Gasteiger charge is 2.19. The van der Waals surface area contributed by atoms with Crippen LogP contribution < -0.4 is 0 Å². The van der Waals surface area contributed by atoms with Crippen LogP contribution in [0.5, 0.6) is 0 Å². The lowest BCUT2D eigenvalue weighted by molar-refractivity contribution is 0.466. The molecule has 14 heavy (non-hydrogen) atoms. The third kappa shape index (κ3) is 2.09. The lowest BCUT2D eigenvalue weighted by atomic mass is 10.2. The molecule has 0 saturated heterocycles. The lowest BCUT2D eigenvalue weighted by Gasteiger charge is -2.11. The number of hydrogen-bond donors (Lipinski definition) is 0. The van der Waals surface area contributed by atoms with Gasteiger partial charge in [0.25, 0.3) is 9.05 Å². The van der Waals surface area contributed by atoms with Crippen LogP contribution in [0.3, 0.4) is 0 Å². The first kappa shape index (κ1) is 11.5. The molecular weight excluding hydrogens is 224 g/mol. The molecule has 1 rings (SSSR count). The second-order valence-electron chi connectivity index (χ2n) is 3.23. The maximum absolute atomic E-state index is 11.1. The first-order valence-electron chi connectivity index (χ1n) is 4.36. The summed E-state index contributed by atoms with van der Waals surface area (Å²) in [4.78, 5) is 0.0967. The minimum Gasteiger partial charge on any atom is -0.266 e. The molecule has 6 heteroatoms. The van der Waals surface area contributed by atoms with Crippen molar-refractivity contribution in [3.05, 3.63) is 11.9 Å². The molecule has 0 fully saturated rings. The smallest absolute Gasteiger partial charge is 0.264 e. The van der Waals surface area contributed by atoms with Crippen molar-refractivity contribution in [3.8, 4) is 0 Å². The normalized spacial score (nSPS) is 14.3. The summed E-state index contributed by atoms with van der Waals surface area (Å²) in [6.07, 6.45) is 2.19. The fourth-order valence-electron chi connectivity index (χ4n) is 1.26. The zero-order chi connectivity index (χ0) is 10.9. The molecule has 0 N–H and O–H groups in total. The van der Waals surface area contributed by atoms with E-state index in [1.165, 1.54) is 6.20 Å². The monoisotopic (exact) mass is 236 g/mol. The van der Waals surface area contributed by atoms with Crippen molar-refractivity contribution in [1.82, 2.24) is 9.78 Å². The van der Waals surface area contributed by atoms with E-state index in [-0.39, 0.29) is 10.9 Å². The van der Waals surface area contributed by atoms with Crippen LogP contribution in [0.2, 0.25) is 0 Å². The molecule has 0 bridgehead atoms. The van der Waals surface area contributed by atoms with Gasteiger partial charge in [-0.05, 0) is 20.3 Å². The predicted molar refractivity (Wildman–Crippen MR) is 55.0 cm³/mol. The molecule has 0 spiro atoms. The van der Waals surface area contributed by atoms with Gasteiger partial charge in [-0.25, -0.2) is 8.42 Å². The van der Waals surface area contributed by atoms with Gasteiger partial charge in [0.1, 0.15) is 4.90 Å². The van der Waals surface area contributed by atoms with E-state index in [4.69, 9.17) is 10.7 Å². The first-order valence-corrected chi connectivity index (χ1v) is 6.67. The van der Waals surface area contributed by atoms with Crippen LogP contribution in [-0.4, -0.2) is 18.2 Å². The molecule has 0 radical (unpaired) electrons. The van der Waals surface area contributed by atoms with E-state index < -0.39 is 9.05 Å². The van der Waals surface area contributed by atoms with Crippen LogP contribution in [0.15, 0.2) is 11.1 Å². The topological polar surface area (TPSA) is 52.0 Å². The molecule has 0 aliphatic carbocycles. The Bertz CT molecular complexity index is 425. The summed E-state index contributed by atoms with van der Waals surface area (Å²) in [5.41, 5.74) is 0.592. The second-order valence-corrected chi connectivity index (χ2v) is 5.77. The summed E-state index contributed by atoms with van der Waals surface area (Å²) in [5, 5.41) is 4.01. The highest BCUT2D eigenvalue weighted by molar-refractivity contribution is 8.13. The lowest BCUT2D eigenvalue weighted by Crippen LogP contribution is -2.08. The molecule has 0 aliphatic rings.